The van der Waals surface area contributed by atoms with Gasteiger partial charge in [0.15, 0.2) is 0 Å². The molecule has 0 amide bonds. The van der Waals surface area contributed by atoms with E-state index in [-0.39, 0.29) is 11.9 Å². The third-order valence-corrected chi connectivity index (χ3v) is 4.23. The molecule has 1 saturated heterocycles. The zero-order valence-corrected chi connectivity index (χ0v) is 11.6. The highest BCUT2D eigenvalue weighted by Crippen LogP contribution is 2.24. The SMILES string of the molecule is C[C@H](N)[C@@H]1CCN(Cc2cc(F)ccc2Br)C1. The van der Waals surface area contributed by atoms with Gasteiger partial charge in [0.05, 0.1) is 0 Å². The van der Waals surface area contributed by atoms with Crippen molar-refractivity contribution in [1.29, 1.82) is 0 Å². The Hall–Kier alpha value is -0.450. The third kappa shape index (κ3) is 3.27. The third-order valence-electron chi connectivity index (χ3n) is 3.45. The standard InChI is InChI=1S/C13H18BrFN2/c1-9(16)10-4-5-17(7-10)8-11-6-12(15)2-3-13(11)14/h2-3,6,9-10H,4-5,7-8,16H2,1H3/t9-,10+/m0/s1. The molecule has 1 aliphatic rings. The second kappa shape index (κ2) is 5.46. The van der Waals surface area contributed by atoms with E-state index in [4.69, 9.17) is 5.73 Å². The lowest BCUT2D eigenvalue weighted by atomic mass is 10.0. The molecule has 2 N–H and O–H groups in total. The number of hydrogen-bond acceptors (Lipinski definition) is 2. The molecule has 2 nitrogen and oxygen atoms in total. The molecular weight excluding hydrogens is 283 g/mol. The summed E-state index contributed by atoms with van der Waals surface area (Å²) in [6, 6.07) is 5.09. The first-order valence-corrected chi connectivity index (χ1v) is 6.77. The molecule has 17 heavy (non-hydrogen) atoms. The lowest BCUT2D eigenvalue weighted by Crippen LogP contribution is -2.29. The van der Waals surface area contributed by atoms with Crippen molar-refractivity contribution in [1.82, 2.24) is 4.90 Å². The minimum absolute atomic E-state index is 0.175. The summed E-state index contributed by atoms with van der Waals surface area (Å²) in [5, 5.41) is 0. The number of rotatable bonds is 3. The molecule has 4 heteroatoms. The van der Waals surface area contributed by atoms with Crippen molar-refractivity contribution in [2.24, 2.45) is 11.7 Å². The van der Waals surface area contributed by atoms with Crippen LogP contribution in [0, 0.1) is 11.7 Å². The molecule has 1 aliphatic heterocycles. The van der Waals surface area contributed by atoms with Crippen molar-refractivity contribution < 1.29 is 4.39 Å². The Balaban J connectivity index is 2.00. The van der Waals surface area contributed by atoms with Gasteiger partial charge in [-0.25, -0.2) is 4.39 Å². The molecule has 0 saturated carbocycles. The maximum Gasteiger partial charge on any atom is 0.123 e. The second-order valence-electron chi connectivity index (χ2n) is 4.88. The molecule has 2 atom stereocenters. The van der Waals surface area contributed by atoms with E-state index in [9.17, 15) is 4.39 Å². The fraction of sp³-hybridized carbons (Fsp3) is 0.538. The number of benzene rings is 1. The topological polar surface area (TPSA) is 29.3 Å². The van der Waals surface area contributed by atoms with Crippen LogP contribution in [0.5, 0.6) is 0 Å². The molecule has 0 aromatic heterocycles. The van der Waals surface area contributed by atoms with Crippen LogP contribution in [0.25, 0.3) is 0 Å². The van der Waals surface area contributed by atoms with E-state index in [0.717, 1.165) is 36.1 Å². The van der Waals surface area contributed by atoms with E-state index < -0.39 is 0 Å². The van der Waals surface area contributed by atoms with E-state index in [0.29, 0.717) is 5.92 Å². The van der Waals surface area contributed by atoms with E-state index in [2.05, 4.69) is 27.8 Å². The number of nitrogens with zero attached hydrogens (tertiary/aromatic N) is 1. The molecule has 1 heterocycles. The Kier molecular flexibility index (Phi) is 4.17. The predicted octanol–water partition coefficient (Wildman–Crippen LogP) is 2.76. The summed E-state index contributed by atoms with van der Waals surface area (Å²) in [6.45, 7) is 4.92. The fourth-order valence-electron chi connectivity index (χ4n) is 2.34. The van der Waals surface area contributed by atoms with E-state index in [1.165, 1.54) is 6.07 Å². The van der Waals surface area contributed by atoms with Gasteiger partial charge in [0.25, 0.3) is 0 Å². The lowest BCUT2D eigenvalue weighted by molar-refractivity contribution is 0.307. The van der Waals surface area contributed by atoms with Crippen LogP contribution >= 0.6 is 15.9 Å². The molecule has 0 radical (unpaired) electrons. The maximum atomic E-state index is 13.2. The van der Waals surface area contributed by atoms with Gasteiger partial charge in [0.2, 0.25) is 0 Å². The number of halogens is 2. The summed E-state index contributed by atoms with van der Waals surface area (Å²) in [4.78, 5) is 2.34. The lowest BCUT2D eigenvalue weighted by Gasteiger charge is -2.18. The fourth-order valence-corrected chi connectivity index (χ4v) is 2.71. The maximum absolute atomic E-state index is 13.2. The Morgan fingerprint density at radius 2 is 2.35 bits per heavy atom. The molecule has 1 fully saturated rings. The van der Waals surface area contributed by atoms with Crippen molar-refractivity contribution in [3.63, 3.8) is 0 Å². The van der Waals surface area contributed by atoms with Crippen LogP contribution in [0.1, 0.15) is 18.9 Å². The normalized spacial score (nSPS) is 22.9. The van der Waals surface area contributed by atoms with Gasteiger partial charge in [-0.2, -0.15) is 0 Å². The summed E-state index contributed by atoms with van der Waals surface area (Å²) >= 11 is 3.46. The molecule has 0 unspecified atom stereocenters. The number of hydrogen-bond donors (Lipinski definition) is 1. The van der Waals surface area contributed by atoms with Crippen LogP contribution in [0.3, 0.4) is 0 Å². The highest BCUT2D eigenvalue weighted by atomic mass is 79.9. The van der Waals surface area contributed by atoms with Gasteiger partial charge >= 0.3 is 0 Å². The summed E-state index contributed by atoms with van der Waals surface area (Å²) in [5.41, 5.74) is 6.92. The minimum Gasteiger partial charge on any atom is -0.328 e. The van der Waals surface area contributed by atoms with Gasteiger partial charge in [-0.1, -0.05) is 15.9 Å². The Morgan fingerprint density at radius 1 is 1.59 bits per heavy atom. The predicted molar refractivity (Wildman–Crippen MR) is 71.1 cm³/mol. The van der Waals surface area contributed by atoms with Crippen LogP contribution in [0.4, 0.5) is 4.39 Å². The van der Waals surface area contributed by atoms with Crippen molar-refractivity contribution in [2.45, 2.75) is 25.9 Å². The first-order valence-electron chi connectivity index (χ1n) is 5.98. The van der Waals surface area contributed by atoms with Gasteiger partial charge in [-0.3, -0.25) is 4.90 Å². The van der Waals surface area contributed by atoms with Gasteiger partial charge in [-0.05, 0) is 49.6 Å². The molecule has 1 aromatic rings. The minimum atomic E-state index is -0.175. The average molecular weight is 301 g/mol. The highest BCUT2D eigenvalue weighted by Gasteiger charge is 2.25. The van der Waals surface area contributed by atoms with Gasteiger partial charge in [0, 0.05) is 23.6 Å². The number of nitrogens with two attached hydrogens (primary N) is 1. The molecule has 94 valence electrons. The highest BCUT2D eigenvalue weighted by molar-refractivity contribution is 9.10. The average Bonchev–Trinajstić information content (AvgIpc) is 2.72. The zero-order valence-electron chi connectivity index (χ0n) is 10.00. The van der Waals surface area contributed by atoms with Gasteiger partial charge in [0.1, 0.15) is 5.82 Å². The van der Waals surface area contributed by atoms with Crippen LogP contribution < -0.4 is 5.73 Å². The van der Waals surface area contributed by atoms with Crippen LogP contribution in [0.15, 0.2) is 22.7 Å². The van der Waals surface area contributed by atoms with Gasteiger partial charge < -0.3 is 5.73 Å². The summed E-state index contributed by atoms with van der Waals surface area (Å²) in [7, 11) is 0. The molecule has 1 aromatic carbocycles. The summed E-state index contributed by atoms with van der Waals surface area (Å²) < 4.78 is 14.1. The first kappa shape index (κ1) is 13.0. The van der Waals surface area contributed by atoms with Crippen molar-refractivity contribution in [3.8, 4) is 0 Å². The Bertz CT molecular complexity index is 395. The van der Waals surface area contributed by atoms with Crippen molar-refractivity contribution >= 4 is 15.9 Å². The first-order chi connectivity index (χ1) is 8.06. The van der Waals surface area contributed by atoms with Crippen LogP contribution in [-0.2, 0) is 6.54 Å². The van der Waals surface area contributed by atoms with Gasteiger partial charge in [-0.15, -0.1) is 0 Å². The zero-order chi connectivity index (χ0) is 12.4. The summed E-state index contributed by atoms with van der Waals surface area (Å²) in [6.07, 6.45) is 1.14. The van der Waals surface area contributed by atoms with E-state index in [1.54, 1.807) is 12.1 Å². The van der Waals surface area contributed by atoms with Crippen LogP contribution in [-0.4, -0.2) is 24.0 Å². The molecule has 0 spiro atoms. The largest absolute Gasteiger partial charge is 0.328 e. The molecule has 2 rings (SSSR count). The number of likely N-dealkylation sites (tertiary alicyclic amines) is 1. The Labute approximate surface area is 110 Å². The van der Waals surface area contributed by atoms with Crippen molar-refractivity contribution in [3.05, 3.63) is 34.1 Å². The van der Waals surface area contributed by atoms with Crippen LogP contribution in [0.2, 0.25) is 0 Å². The monoisotopic (exact) mass is 300 g/mol. The molecular formula is C13H18BrFN2. The van der Waals surface area contributed by atoms with Crippen molar-refractivity contribution in [2.75, 3.05) is 13.1 Å². The Morgan fingerprint density at radius 3 is 3.00 bits per heavy atom. The molecule has 0 bridgehead atoms. The summed E-state index contributed by atoms with van der Waals surface area (Å²) in [5.74, 6) is 0.397. The second-order valence-corrected chi connectivity index (χ2v) is 5.73. The van der Waals surface area contributed by atoms with E-state index in [1.807, 2.05) is 0 Å². The quantitative estimate of drug-likeness (QED) is 0.930. The smallest absolute Gasteiger partial charge is 0.123 e. The van der Waals surface area contributed by atoms with E-state index >= 15 is 0 Å². The molecule has 0 aliphatic carbocycles.